The summed E-state index contributed by atoms with van der Waals surface area (Å²) in [4.78, 5) is 2.41. The maximum absolute atomic E-state index is 11.6. The van der Waals surface area contributed by atoms with E-state index in [1.165, 1.54) is 0 Å². The Bertz CT molecular complexity index is 371. The Morgan fingerprint density at radius 1 is 1.16 bits per heavy atom. The van der Waals surface area contributed by atoms with E-state index in [9.17, 15) is 8.42 Å². The molecule has 0 aromatic heterocycles. The number of sulfonamides is 1. The van der Waals surface area contributed by atoms with Gasteiger partial charge in [0, 0.05) is 19.6 Å². The molecule has 0 amide bonds. The van der Waals surface area contributed by atoms with Crippen LogP contribution in [0.4, 0.5) is 0 Å². The van der Waals surface area contributed by atoms with Gasteiger partial charge < -0.3 is 4.74 Å². The molecular weight excluding hydrogens is 264 g/mol. The lowest BCUT2D eigenvalue weighted by atomic mass is 10.2. The fourth-order valence-electron chi connectivity index (χ4n) is 2.64. The molecule has 2 fully saturated rings. The van der Waals surface area contributed by atoms with Crippen molar-refractivity contribution >= 4 is 10.0 Å². The average molecular weight is 290 g/mol. The van der Waals surface area contributed by atoms with Gasteiger partial charge in [-0.15, -0.1) is 0 Å². The molecule has 2 rings (SSSR count). The van der Waals surface area contributed by atoms with Crippen LogP contribution in [0.1, 0.15) is 39.5 Å². The first-order chi connectivity index (χ1) is 8.97. The Kier molecular flexibility index (Phi) is 5.22. The summed E-state index contributed by atoms with van der Waals surface area (Å²) in [6.07, 6.45) is 4.21. The van der Waals surface area contributed by atoms with Gasteiger partial charge in [-0.05, 0) is 46.1 Å². The summed E-state index contributed by atoms with van der Waals surface area (Å²) in [5.74, 6) is 0. The SMILES string of the molecule is C[C@H]1CN(CCCCNS(=O)(=O)C2CC2)C[C@H](C)O1. The zero-order valence-electron chi connectivity index (χ0n) is 12.0. The lowest BCUT2D eigenvalue weighted by Gasteiger charge is -2.35. The summed E-state index contributed by atoms with van der Waals surface area (Å²) < 4.78 is 31.6. The molecule has 1 aliphatic carbocycles. The number of nitrogens with one attached hydrogen (secondary N) is 1. The van der Waals surface area contributed by atoms with Crippen molar-refractivity contribution in [1.29, 1.82) is 0 Å². The Labute approximate surface area is 116 Å². The van der Waals surface area contributed by atoms with E-state index in [2.05, 4.69) is 23.5 Å². The highest BCUT2D eigenvalue weighted by Crippen LogP contribution is 2.27. The normalized spacial score (nSPS) is 29.6. The van der Waals surface area contributed by atoms with E-state index in [0.29, 0.717) is 18.8 Å². The first-order valence-electron chi connectivity index (χ1n) is 7.33. The largest absolute Gasteiger partial charge is 0.373 e. The first-order valence-corrected chi connectivity index (χ1v) is 8.88. The van der Waals surface area contributed by atoms with Gasteiger partial charge in [0.25, 0.3) is 0 Å². The van der Waals surface area contributed by atoms with Crippen LogP contribution in [0.25, 0.3) is 0 Å². The monoisotopic (exact) mass is 290 g/mol. The highest BCUT2D eigenvalue weighted by atomic mass is 32.2. The van der Waals surface area contributed by atoms with Crippen molar-refractivity contribution in [3.63, 3.8) is 0 Å². The minimum atomic E-state index is -2.99. The van der Waals surface area contributed by atoms with E-state index in [1.54, 1.807) is 0 Å². The summed E-state index contributed by atoms with van der Waals surface area (Å²) in [7, 11) is -2.99. The lowest BCUT2D eigenvalue weighted by Crippen LogP contribution is -2.45. The summed E-state index contributed by atoms with van der Waals surface area (Å²) in [5.41, 5.74) is 0. The summed E-state index contributed by atoms with van der Waals surface area (Å²) in [5, 5.41) is -0.103. The van der Waals surface area contributed by atoms with E-state index < -0.39 is 10.0 Å². The quantitative estimate of drug-likeness (QED) is 0.710. The van der Waals surface area contributed by atoms with Crippen molar-refractivity contribution in [2.24, 2.45) is 0 Å². The lowest BCUT2D eigenvalue weighted by molar-refractivity contribution is -0.0681. The zero-order valence-corrected chi connectivity index (χ0v) is 12.8. The molecule has 1 aliphatic heterocycles. The fourth-order valence-corrected chi connectivity index (χ4v) is 4.06. The second kappa shape index (κ2) is 6.52. The van der Waals surface area contributed by atoms with Crippen molar-refractivity contribution in [2.45, 2.75) is 57.0 Å². The van der Waals surface area contributed by atoms with Crippen molar-refractivity contribution in [2.75, 3.05) is 26.2 Å². The number of rotatable bonds is 7. The van der Waals surface area contributed by atoms with Gasteiger partial charge in [0.1, 0.15) is 0 Å². The van der Waals surface area contributed by atoms with Crippen molar-refractivity contribution < 1.29 is 13.2 Å². The molecule has 0 aromatic rings. The topological polar surface area (TPSA) is 58.6 Å². The Morgan fingerprint density at radius 2 is 1.79 bits per heavy atom. The number of morpholine rings is 1. The molecule has 1 saturated carbocycles. The summed E-state index contributed by atoms with van der Waals surface area (Å²) in [6, 6.07) is 0. The molecule has 0 unspecified atom stereocenters. The molecule has 0 spiro atoms. The Morgan fingerprint density at radius 3 is 2.37 bits per heavy atom. The van der Waals surface area contributed by atoms with Gasteiger partial charge in [0.2, 0.25) is 10.0 Å². The maximum Gasteiger partial charge on any atom is 0.214 e. The van der Waals surface area contributed by atoms with E-state index in [4.69, 9.17) is 4.74 Å². The number of unbranched alkanes of at least 4 members (excludes halogenated alkanes) is 1. The Hall–Kier alpha value is -0.170. The van der Waals surface area contributed by atoms with Gasteiger partial charge in [-0.1, -0.05) is 0 Å². The van der Waals surface area contributed by atoms with Crippen LogP contribution in [0, 0.1) is 0 Å². The molecule has 5 nitrogen and oxygen atoms in total. The minimum Gasteiger partial charge on any atom is -0.373 e. The summed E-state index contributed by atoms with van der Waals surface area (Å²) >= 11 is 0. The molecule has 6 heteroatoms. The summed E-state index contributed by atoms with van der Waals surface area (Å²) in [6.45, 7) is 7.78. The third-order valence-corrected chi connectivity index (χ3v) is 5.62. The van der Waals surface area contributed by atoms with Gasteiger partial charge in [0.15, 0.2) is 0 Å². The molecule has 0 bridgehead atoms. The van der Waals surface area contributed by atoms with E-state index in [-0.39, 0.29) is 5.25 Å². The number of ether oxygens (including phenoxy) is 1. The molecule has 2 aliphatic rings. The third-order valence-electron chi connectivity index (χ3n) is 3.66. The molecule has 2 atom stereocenters. The van der Waals surface area contributed by atoms with Gasteiger partial charge >= 0.3 is 0 Å². The zero-order chi connectivity index (χ0) is 13.9. The second-order valence-corrected chi connectivity index (χ2v) is 7.91. The van der Waals surface area contributed by atoms with Crippen LogP contribution in [-0.2, 0) is 14.8 Å². The van der Waals surface area contributed by atoms with Crippen LogP contribution < -0.4 is 4.72 Å². The minimum absolute atomic E-state index is 0.103. The van der Waals surface area contributed by atoms with Crippen LogP contribution >= 0.6 is 0 Å². The van der Waals surface area contributed by atoms with Crippen LogP contribution in [-0.4, -0.2) is 57.0 Å². The number of hydrogen-bond donors (Lipinski definition) is 1. The number of hydrogen-bond acceptors (Lipinski definition) is 4. The van der Waals surface area contributed by atoms with Crippen molar-refractivity contribution in [1.82, 2.24) is 9.62 Å². The van der Waals surface area contributed by atoms with Crippen LogP contribution in [0.3, 0.4) is 0 Å². The predicted octanol–water partition coefficient (Wildman–Crippen LogP) is 0.958. The van der Waals surface area contributed by atoms with Crippen molar-refractivity contribution in [3.05, 3.63) is 0 Å². The highest BCUT2D eigenvalue weighted by Gasteiger charge is 2.35. The average Bonchev–Trinajstić information content (AvgIpc) is 3.10. The molecule has 19 heavy (non-hydrogen) atoms. The van der Waals surface area contributed by atoms with Crippen LogP contribution in [0.15, 0.2) is 0 Å². The van der Waals surface area contributed by atoms with Crippen molar-refractivity contribution in [3.8, 4) is 0 Å². The molecule has 0 radical (unpaired) electrons. The second-order valence-electron chi connectivity index (χ2n) is 5.86. The molecular formula is C13H26N2O3S. The molecule has 1 heterocycles. The van der Waals surface area contributed by atoms with E-state index in [0.717, 1.165) is 45.3 Å². The first kappa shape index (κ1) is 15.2. The third kappa shape index (κ3) is 5.02. The fraction of sp³-hybridized carbons (Fsp3) is 1.00. The van der Waals surface area contributed by atoms with Gasteiger partial charge in [-0.25, -0.2) is 13.1 Å². The van der Waals surface area contributed by atoms with E-state index >= 15 is 0 Å². The molecule has 1 N–H and O–H groups in total. The maximum atomic E-state index is 11.6. The molecule has 0 aromatic carbocycles. The standard InChI is InChI=1S/C13H26N2O3S/c1-11-9-15(10-12(2)18-11)8-4-3-7-14-19(16,17)13-5-6-13/h11-14H,3-10H2,1-2H3/t11-,12-/m0/s1. The van der Waals surface area contributed by atoms with Gasteiger partial charge in [-0.2, -0.15) is 0 Å². The molecule has 112 valence electrons. The van der Waals surface area contributed by atoms with Crippen LogP contribution in [0.2, 0.25) is 0 Å². The molecule has 1 saturated heterocycles. The van der Waals surface area contributed by atoms with Gasteiger partial charge in [0.05, 0.1) is 17.5 Å². The van der Waals surface area contributed by atoms with E-state index in [1.807, 2.05) is 0 Å². The smallest absolute Gasteiger partial charge is 0.214 e. The number of nitrogens with zero attached hydrogens (tertiary/aromatic N) is 1. The highest BCUT2D eigenvalue weighted by molar-refractivity contribution is 7.90. The van der Waals surface area contributed by atoms with Gasteiger partial charge in [-0.3, -0.25) is 4.90 Å². The predicted molar refractivity (Wildman–Crippen MR) is 75.6 cm³/mol. The Balaban J connectivity index is 1.56. The van der Waals surface area contributed by atoms with Crippen LogP contribution in [0.5, 0.6) is 0 Å².